The highest BCUT2D eigenvalue weighted by Crippen LogP contribution is 2.28. The zero-order valence-electron chi connectivity index (χ0n) is 11.1. The van der Waals surface area contributed by atoms with Gasteiger partial charge in [-0.25, -0.2) is 0 Å². The molecule has 0 heterocycles. The molecule has 0 spiro atoms. The first-order valence-electron chi connectivity index (χ1n) is 6.27. The molecular weight excluding hydrogens is 218 g/mol. The quantitative estimate of drug-likeness (QED) is 0.576. The molecule has 0 aromatic carbocycles. The minimum atomic E-state index is -0.312. The third-order valence-electron chi connectivity index (χ3n) is 3.54. The van der Waals surface area contributed by atoms with E-state index in [9.17, 15) is 9.59 Å². The Morgan fingerprint density at radius 1 is 1.00 bits per heavy atom. The van der Waals surface area contributed by atoms with E-state index in [1.54, 1.807) is 0 Å². The zero-order chi connectivity index (χ0) is 13.3. The van der Waals surface area contributed by atoms with E-state index in [-0.39, 0.29) is 30.3 Å². The van der Waals surface area contributed by atoms with Gasteiger partial charge in [0.15, 0.2) is 0 Å². The summed E-state index contributed by atoms with van der Waals surface area (Å²) in [6.45, 7) is 6.98. The van der Waals surface area contributed by atoms with Crippen molar-refractivity contribution in [1.82, 2.24) is 10.6 Å². The summed E-state index contributed by atoms with van der Waals surface area (Å²) in [4.78, 5) is 22.4. The van der Waals surface area contributed by atoms with Crippen LogP contribution in [0.1, 0.15) is 40.0 Å². The molecule has 0 aliphatic carbocycles. The number of rotatable bonds is 8. The van der Waals surface area contributed by atoms with E-state index < -0.39 is 0 Å². The number of hydrogen-bond donors (Lipinski definition) is 3. The summed E-state index contributed by atoms with van der Waals surface area (Å²) in [5.41, 5.74) is 5.30. The van der Waals surface area contributed by atoms with Gasteiger partial charge in [0.25, 0.3) is 0 Å². The van der Waals surface area contributed by atoms with Crippen molar-refractivity contribution >= 4 is 11.8 Å². The largest absolute Gasteiger partial charge is 0.354 e. The van der Waals surface area contributed by atoms with Gasteiger partial charge in [-0.2, -0.15) is 0 Å². The van der Waals surface area contributed by atoms with Crippen LogP contribution in [0.4, 0.5) is 0 Å². The molecule has 0 aromatic heterocycles. The van der Waals surface area contributed by atoms with Crippen LogP contribution in [-0.4, -0.2) is 31.4 Å². The highest BCUT2D eigenvalue weighted by Gasteiger charge is 2.24. The summed E-state index contributed by atoms with van der Waals surface area (Å²) in [7, 11) is 0. The molecule has 0 aliphatic rings. The molecule has 0 atom stereocenters. The van der Waals surface area contributed by atoms with Crippen molar-refractivity contribution in [3.8, 4) is 0 Å². The van der Waals surface area contributed by atoms with Crippen molar-refractivity contribution in [2.45, 2.75) is 40.0 Å². The van der Waals surface area contributed by atoms with Gasteiger partial charge in [0.05, 0.1) is 13.1 Å². The van der Waals surface area contributed by atoms with E-state index in [0.29, 0.717) is 6.54 Å². The normalized spacial score (nSPS) is 11.1. The number of carbonyl (C=O) groups is 2. The molecule has 0 fully saturated rings. The predicted octanol–water partition coefficient (Wildman–Crippen LogP) is 0.394. The Bertz CT molecular complexity index is 242. The van der Waals surface area contributed by atoms with Crippen molar-refractivity contribution in [3.63, 3.8) is 0 Å². The van der Waals surface area contributed by atoms with E-state index in [0.717, 1.165) is 19.3 Å². The molecule has 100 valence electrons. The molecule has 0 aliphatic heterocycles. The van der Waals surface area contributed by atoms with Gasteiger partial charge in [-0.3, -0.25) is 9.59 Å². The first-order valence-corrected chi connectivity index (χ1v) is 6.27. The molecule has 2 amide bonds. The fraction of sp³-hybridized carbons (Fsp3) is 0.833. The van der Waals surface area contributed by atoms with Crippen LogP contribution in [0.5, 0.6) is 0 Å². The first-order chi connectivity index (χ1) is 8.03. The fourth-order valence-electron chi connectivity index (χ4n) is 1.72. The van der Waals surface area contributed by atoms with E-state index in [1.165, 1.54) is 0 Å². The lowest BCUT2D eigenvalue weighted by atomic mass is 9.80. The standard InChI is InChI=1S/C12H25N3O2/c1-4-12(5-2,6-3)9-15-11(17)8-14-10(16)7-13/h4-9,13H2,1-3H3,(H,14,16)(H,15,17). The molecule has 0 bridgehead atoms. The van der Waals surface area contributed by atoms with Gasteiger partial charge in [0.2, 0.25) is 11.8 Å². The van der Waals surface area contributed by atoms with Gasteiger partial charge in [0.1, 0.15) is 0 Å². The minimum Gasteiger partial charge on any atom is -0.354 e. The molecule has 0 saturated heterocycles. The van der Waals surface area contributed by atoms with Crippen molar-refractivity contribution < 1.29 is 9.59 Å². The molecule has 17 heavy (non-hydrogen) atoms. The number of amides is 2. The second kappa shape index (κ2) is 8.06. The van der Waals surface area contributed by atoms with Crippen LogP contribution in [0, 0.1) is 5.41 Å². The Balaban J connectivity index is 4.01. The van der Waals surface area contributed by atoms with Gasteiger partial charge < -0.3 is 16.4 Å². The summed E-state index contributed by atoms with van der Waals surface area (Å²) in [6, 6.07) is 0. The Morgan fingerprint density at radius 3 is 1.94 bits per heavy atom. The number of nitrogens with one attached hydrogen (secondary N) is 2. The van der Waals surface area contributed by atoms with Crippen LogP contribution in [-0.2, 0) is 9.59 Å². The topological polar surface area (TPSA) is 84.2 Å². The molecule has 5 heteroatoms. The lowest BCUT2D eigenvalue weighted by Gasteiger charge is -2.30. The average molecular weight is 243 g/mol. The predicted molar refractivity (Wildman–Crippen MR) is 68.4 cm³/mol. The molecule has 0 unspecified atom stereocenters. The summed E-state index contributed by atoms with van der Waals surface area (Å²) in [6.07, 6.45) is 3.11. The van der Waals surface area contributed by atoms with Gasteiger partial charge in [-0.05, 0) is 24.7 Å². The molecule has 5 nitrogen and oxygen atoms in total. The van der Waals surface area contributed by atoms with E-state index in [1.807, 2.05) is 0 Å². The first kappa shape index (κ1) is 15.9. The summed E-state index contributed by atoms with van der Waals surface area (Å²) in [5, 5.41) is 5.31. The van der Waals surface area contributed by atoms with Crippen LogP contribution >= 0.6 is 0 Å². The Hall–Kier alpha value is -1.10. The average Bonchev–Trinajstić information content (AvgIpc) is 2.38. The smallest absolute Gasteiger partial charge is 0.239 e. The van der Waals surface area contributed by atoms with E-state index in [4.69, 9.17) is 5.73 Å². The SMILES string of the molecule is CCC(CC)(CC)CNC(=O)CNC(=O)CN. The molecule has 4 N–H and O–H groups in total. The van der Waals surface area contributed by atoms with Crippen LogP contribution in [0.25, 0.3) is 0 Å². The van der Waals surface area contributed by atoms with Crippen molar-refractivity contribution in [1.29, 1.82) is 0 Å². The van der Waals surface area contributed by atoms with Crippen LogP contribution in [0.15, 0.2) is 0 Å². The van der Waals surface area contributed by atoms with Crippen LogP contribution in [0.3, 0.4) is 0 Å². The molecule has 0 radical (unpaired) electrons. The lowest BCUT2D eigenvalue weighted by molar-refractivity contribution is -0.125. The fourth-order valence-corrected chi connectivity index (χ4v) is 1.72. The maximum absolute atomic E-state index is 11.5. The van der Waals surface area contributed by atoms with Gasteiger partial charge in [0, 0.05) is 6.54 Å². The second-order valence-corrected chi connectivity index (χ2v) is 4.32. The van der Waals surface area contributed by atoms with E-state index >= 15 is 0 Å². The summed E-state index contributed by atoms with van der Waals surface area (Å²) >= 11 is 0. The minimum absolute atomic E-state index is 0.00323. The molecule has 0 rings (SSSR count). The zero-order valence-corrected chi connectivity index (χ0v) is 11.1. The maximum Gasteiger partial charge on any atom is 0.239 e. The van der Waals surface area contributed by atoms with Crippen LogP contribution < -0.4 is 16.4 Å². The second-order valence-electron chi connectivity index (χ2n) is 4.32. The third-order valence-corrected chi connectivity index (χ3v) is 3.54. The van der Waals surface area contributed by atoms with Crippen molar-refractivity contribution in [2.75, 3.05) is 19.6 Å². The molecule has 0 saturated carbocycles. The van der Waals surface area contributed by atoms with Crippen molar-refractivity contribution in [3.05, 3.63) is 0 Å². The number of carbonyl (C=O) groups excluding carboxylic acids is 2. The van der Waals surface area contributed by atoms with Gasteiger partial charge in [-0.1, -0.05) is 20.8 Å². The lowest BCUT2D eigenvalue weighted by Crippen LogP contribution is -2.43. The highest BCUT2D eigenvalue weighted by molar-refractivity contribution is 5.85. The Morgan fingerprint density at radius 2 is 1.53 bits per heavy atom. The summed E-state index contributed by atoms with van der Waals surface area (Å²) in [5.74, 6) is -0.473. The monoisotopic (exact) mass is 243 g/mol. The van der Waals surface area contributed by atoms with Crippen LogP contribution in [0.2, 0.25) is 0 Å². The van der Waals surface area contributed by atoms with E-state index in [2.05, 4.69) is 31.4 Å². The van der Waals surface area contributed by atoms with Gasteiger partial charge >= 0.3 is 0 Å². The molecule has 0 aromatic rings. The molecular formula is C12H25N3O2. The van der Waals surface area contributed by atoms with Crippen molar-refractivity contribution in [2.24, 2.45) is 11.1 Å². The number of hydrogen-bond acceptors (Lipinski definition) is 3. The number of nitrogens with two attached hydrogens (primary N) is 1. The highest BCUT2D eigenvalue weighted by atomic mass is 16.2. The summed E-state index contributed by atoms with van der Waals surface area (Å²) < 4.78 is 0. The third kappa shape index (κ3) is 5.68. The maximum atomic E-state index is 11.5. The Labute approximate surface area is 104 Å². The Kier molecular flexibility index (Phi) is 7.54. The van der Waals surface area contributed by atoms with Gasteiger partial charge in [-0.15, -0.1) is 0 Å².